The predicted octanol–water partition coefficient (Wildman–Crippen LogP) is 5.55. The van der Waals surface area contributed by atoms with Crippen LogP contribution < -0.4 is 0 Å². The van der Waals surface area contributed by atoms with Crippen LogP contribution in [0.4, 0.5) is 0 Å². The van der Waals surface area contributed by atoms with Gasteiger partial charge in [0, 0.05) is 0 Å². The first-order valence-corrected chi connectivity index (χ1v) is 11.6. The van der Waals surface area contributed by atoms with Gasteiger partial charge in [-0.3, -0.25) is 4.79 Å². The summed E-state index contributed by atoms with van der Waals surface area (Å²) in [5, 5.41) is 30.1. The van der Waals surface area contributed by atoms with Gasteiger partial charge in [0.15, 0.2) is 0 Å². The zero-order valence-electron chi connectivity index (χ0n) is 17.7. The number of carbonyl (C=O) groups is 1. The number of rotatable bonds is 16. The average molecular weight is 385 g/mol. The van der Waals surface area contributed by atoms with E-state index < -0.39 is 5.97 Å². The first kappa shape index (κ1) is 24.4. The van der Waals surface area contributed by atoms with Crippen molar-refractivity contribution in [2.75, 3.05) is 0 Å². The van der Waals surface area contributed by atoms with Crippen molar-refractivity contribution >= 4 is 5.97 Å². The highest BCUT2D eigenvalue weighted by Gasteiger charge is 2.38. The molecule has 3 N–H and O–H groups in total. The van der Waals surface area contributed by atoms with Gasteiger partial charge in [-0.15, -0.1) is 0 Å². The third kappa shape index (κ3) is 9.43. The first-order valence-electron chi connectivity index (χ1n) is 11.6. The van der Waals surface area contributed by atoms with E-state index in [1.54, 1.807) is 0 Å². The smallest absolute Gasteiger partial charge is 0.306 e. The molecule has 0 amide bonds. The highest BCUT2D eigenvalue weighted by molar-refractivity contribution is 5.69. The molecule has 160 valence electrons. The van der Waals surface area contributed by atoms with E-state index in [9.17, 15) is 15.0 Å². The Bertz CT molecular complexity index is 385. The molecule has 0 spiro atoms. The lowest BCUT2D eigenvalue weighted by Gasteiger charge is -2.26. The number of carboxylic acids is 1. The Labute approximate surface area is 166 Å². The highest BCUT2D eigenvalue weighted by Crippen LogP contribution is 2.39. The van der Waals surface area contributed by atoms with Crippen LogP contribution in [-0.4, -0.2) is 33.5 Å². The first-order chi connectivity index (χ1) is 13.0. The monoisotopic (exact) mass is 384 g/mol. The summed E-state index contributed by atoms with van der Waals surface area (Å²) in [5.41, 5.74) is 0. The average Bonchev–Trinajstić information content (AvgIpc) is 3.01. The third-order valence-electron chi connectivity index (χ3n) is 6.62. The van der Waals surface area contributed by atoms with Crippen LogP contribution in [0.15, 0.2) is 0 Å². The van der Waals surface area contributed by atoms with Crippen molar-refractivity contribution in [3.8, 4) is 0 Å². The number of carboxylic acid groups (broad SMARTS) is 1. The molecule has 4 heteroatoms. The van der Waals surface area contributed by atoms with Crippen LogP contribution in [0.1, 0.15) is 110 Å². The van der Waals surface area contributed by atoms with Crippen LogP contribution in [0, 0.1) is 17.8 Å². The largest absolute Gasteiger partial charge is 0.481 e. The highest BCUT2D eigenvalue weighted by atomic mass is 16.4. The van der Waals surface area contributed by atoms with E-state index in [0.29, 0.717) is 6.42 Å². The molecule has 5 atom stereocenters. The normalized spacial score (nSPS) is 24.8. The second-order valence-electron chi connectivity index (χ2n) is 8.68. The van der Waals surface area contributed by atoms with E-state index in [1.807, 2.05) is 6.92 Å². The number of aliphatic hydroxyl groups excluding tert-OH is 2. The zero-order valence-corrected chi connectivity index (χ0v) is 17.7. The third-order valence-corrected chi connectivity index (χ3v) is 6.62. The molecule has 0 aromatic carbocycles. The molecular weight excluding hydrogens is 340 g/mol. The fraction of sp³-hybridized carbons (Fsp3) is 0.957. The van der Waals surface area contributed by atoms with Gasteiger partial charge in [-0.25, -0.2) is 0 Å². The molecule has 0 radical (unpaired) electrons. The number of aliphatic hydroxyl groups is 2. The molecule has 0 aliphatic heterocycles. The predicted molar refractivity (Wildman–Crippen MR) is 111 cm³/mol. The van der Waals surface area contributed by atoms with Gasteiger partial charge in [0.05, 0.1) is 18.1 Å². The molecule has 4 nitrogen and oxygen atoms in total. The van der Waals surface area contributed by atoms with Crippen LogP contribution in [0.3, 0.4) is 0 Å². The van der Waals surface area contributed by atoms with Gasteiger partial charge >= 0.3 is 5.97 Å². The molecule has 1 saturated carbocycles. The quantitative estimate of drug-likeness (QED) is 0.305. The van der Waals surface area contributed by atoms with Gasteiger partial charge in [0.2, 0.25) is 0 Å². The van der Waals surface area contributed by atoms with Gasteiger partial charge in [-0.2, -0.15) is 0 Å². The fourth-order valence-corrected chi connectivity index (χ4v) is 4.76. The summed E-state index contributed by atoms with van der Waals surface area (Å²) in [7, 11) is 0. The molecule has 3 unspecified atom stereocenters. The van der Waals surface area contributed by atoms with Gasteiger partial charge in [0.1, 0.15) is 0 Å². The van der Waals surface area contributed by atoms with E-state index >= 15 is 0 Å². The van der Waals surface area contributed by atoms with Crippen molar-refractivity contribution in [1.82, 2.24) is 0 Å². The Morgan fingerprint density at radius 2 is 1.56 bits per heavy atom. The molecule has 1 aliphatic rings. The number of aliphatic carboxylic acids is 1. The second kappa shape index (κ2) is 14.4. The van der Waals surface area contributed by atoms with Crippen molar-refractivity contribution < 1.29 is 20.1 Å². The fourth-order valence-electron chi connectivity index (χ4n) is 4.76. The number of hydrogen-bond donors (Lipinski definition) is 3. The van der Waals surface area contributed by atoms with Gasteiger partial charge in [0.25, 0.3) is 0 Å². The van der Waals surface area contributed by atoms with Crippen molar-refractivity contribution in [3.05, 3.63) is 0 Å². The minimum Gasteiger partial charge on any atom is -0.481 e. The summed E-state index contributed by atoms with van der Waals surface area (Å²) in [6.45, 7) is 4.16. The summed E-state index contributed by atoms with van der Waals surface area (Å²) in [4.78, 5) is 11.1. The van der Waals surface area contributed by atoms with E-state index in [-0.39, 0.29) is 30.0 Å². The van der Waals surface area contributed by atoms with Crippen molar-refractivity contribution in [2.24, 2.45) is 17.8 Å². The topological polar surface area (TPSA) is 77.8 Å². The molecule has 0 saturated heterocycles. The summed E-state index contributed by atoms with van der Waals surface area (Å²) in [6.07, 6.45) is 15.0. The van der Waals surface area contributed by atoms with E-state index in [0.717, 1.165) is 57.8 Å². The summed E-state index contributed by atoms with van der Waals surface area (Å²) >= 11 is 0. The standard InChI is InChI=1S/C23H44O4/c1-3-5-6-7-8-12-15-21(24)20-16-17-22(25)19(20)14-11-9-10-13-18(4-2)23(26)27/h18-22,24-25H,3-17H2,1-2H3,(H,26,27)/t18?,19-,20-,21?,22?/m1/s1. The van der Waals surface area contributed by atoms with Crippen LogP contribution in [-0.2, 0) is 4.79 Å². The lowest BCUT2D eigenvalue weighted by molar-refractivity contribution is -0.142. The Kier molecular flexibility index (Phi) is 13.0. The van der Waals surface area contributed by atoms with Crippen molar-refractivity contribution in [1.29, 1.82) is 0 Å². The second-order valence-corrected chi connectivity index (χ2v) is 8.68. The maximum atomic E-state index is 11.1. The van der Waals surface area contributed by atoms with Crippen LogP contribution in [0.5, 0.6) is 0 Å². The Hall–Kier alpha value is -0.610. The van der Waals surface area contributed by atoms with Crippen LogP contribution in [0.25, 0.3) is 0 Å². The Morgan fingerprint density at radius 3 is 2.22 bits per heavy atom. The molecule has 0 aromatic heterocycles. The number of hydrogen-bond acceptors (Lipinski definition) is 3. The maximum absolute atomic E-state index is 11.1. The lowest BCUT2D eigenvalue weighted by Crippen LogP contribution is -2.28. The van der Waals surface area contributed by atoms with Gasteiger partial charge in [-0.1, -0.05) is 71.6 Å². The number of unbranched alkanes of at least 4 members (excludes halogenated alkanes) is 7. The molecule has 0 heterocycles. The van der Waals surface area contributed by atoms with Crippen LogP contribution in [0.2, 0.25) is 0 Å². The molecule has 27 heavy (non-hydrogen) atoms. The molecule has 0 aromatic rings. The molecule has 1 rings (SSSR count). The molecule has 0 bridgehead atoms. The summed E-state index contributed by atoms with van der Waals surface area (Å²) in [6, 6.07) is 0. The molecule has 1 aliphatic carbocycles. The Morgan fingerprint density at radius 1 is 0.926 bits per heavy atom. The summed E-state index contributed by atoms with van der Waals surface area (Å²) < 4.78 is 0. The molecular formula is C23H44O4. The minimum atomic E-state index is -0.679. The van der Waals surface area contributed by atoms with E-state index in [1.165, 1.54) is 32.1 Å². The summed E-state index contributed by atoms with van der Waals surface area (Å²) in [5.74, 6) is -0.421. The zero-order chi connectivity index (χ0) is 20.1. The van der Waals surface area contributed by atoms with Crippen molar-refractivity contribution in [2.45, 2.75) is 122 Å². The minimum absolute atomic E-state index is 0.214. The van der Waals surface area contributed by atoms with Crippen LogP contribution >= 0.6 is 0 Å². The van der Waals surface area contributed by atoms with Gasteiger partial charge in [-0.05, 0) is 50.4 Å². The molecule has 1 fully saturated rings. The SMILES string of the molecule is CCCCCCCCC(O)[C@@H]1CCC(O)[C@@H]1CCCCCC(CC)C(=O)O. The maximum Gasteiger partial charge on any atom is 0.306 e. The van der Waals surface area contributed by atoms with E-state index in [2.05, 4.69) is 6.92 Å². The Balaban J connectivity index is 2.24. The lowest BCUT2D eigenvalue weighted by atomic mass is 9.83. The van der Waals surface area contributed by atoms with Crippen molar-refractivity contribution in [3.63, 3.8) is 0 Å². The van der Waals surface area contributed by atoms with E-state index in [4.69, 9.17) is 5.11 Å². The van der Waals surface area contributed by atoms with Gasteiger partial charge < -0.3 is 15.3 Å².